The summed E-state index contributed by atoms with van der Waals surface area (Å²) >= 11 is 21.1. The van der Waals surface area contributed by atoms with Crippen LogP contribution in [0.3, 0.4) is 0 Å². The highest BCUT2D eigenvalue weighted by molar-refractivity contribution is 9.10. The summed E-state index contributed by atoms with van der Waals surface area (Å²) < 4.78 is 0.934. The normalized spacial score (nSPS) is 10.7. The van der Waals surface area contributed by atoms with Crippen molar-refractivity contribution in [3.63, 3.8) is 0 Å². The van der Waals surface area contributed by atoms with Gasteiger partial charge in [-0.2, -0.15) is 0 Å². The van der Waals surface area contributed by atoms with Gasteiger partial charge in [0, 0.05) is 55.7 Å². The molecule has 6 nitrogen and oxygen atoms in total. The molecule has 164 valence electrons. The average molecular weight is 542 g/mol. The van der Waals surface area contributed by atoms with Crippen molar-refractivity contribution in [2.45, 2.75) is 19.4 Å². The fourth-order valence-corrected chi connectivity index (χ4v) is 3.71. The average Bonchev–Trinajstić information content (AvgIpc) is 3.27. The first kappa shape index (κ1) is 23.8. The maximum atomic E-state index is 6.19. The van der Waals surface area contributed by atoms with Crippen molar-refractivity contribution < 1.29 is 0 Å². The Hall–Kier alpha value is -1.87. The molecular weight excluding hydrogens is 519 g/mol. The molecule has 2 heterocycles. The number of rotatable bonds is 10. The molecular formula is C21H23BrCl2N6S. The number of aromatic amines is 1. The Morgan fingerprint density at radius 3 is 2.65 bits per heavy atom. The van der Waals surface area contributed by atoms with Crippen molar-refractivity contribution in [3.05, 3.63) is 74.8 Å². The van der Waals surface area contributed by atoms with Crippen LogP contribution in [0.25, 0.3) is 0 Å². The molecule has 2 aromatic heterocycles. The fraction of sp³-hybridized carbons (Fsp3) is 0.286. The van der Waals surface area contributed by atoms with Gasteiger partial charge in [0.2, 0.25) is 0 Å². The van der Waals surface area contributed by atoms with E-state index >= 15 is 0 Å². The topological polar surface area (TPSA) is 68.9 Å². The number of pyridine rings is 1. The molecule has 0 fully saturated rings. The number of benzene rings is 1. The van der Waals surface area contributed by atoms with Crippen molar-refractivity contribution >= 4 is 62.3 Å². The Morgan fingerprint density at radius 2 is 1.94 bits per heavy atom. The van der Waals surface area contributed by atoms with Crippen molar-refractivity contribution in [1.29, 1.82) is 0 Å². The van der Waals surface area contributed by atoms with E-state index in [-0.39, 0.29) is 0 Å². The first-order chi connectivity index (χ1) is 15.0. The van der Waals surface area contributed by atoms with Gasteiger partial charge >= 0.3 is 0 Å². The number of hydrogen-bond donors (Lipinski definition) is 3. The lowest BCUT2D eigenvalue weighted by molar-refractivity contribution is 0.714. The number of imidazole rings is 1. The van der Waals surface area contributed by atoms with E-state index in [1.54, 1.807) is 12.4 Å². The Bertz CT molecular complexity index is 969. The highest BCUT2D eigenvalue weighted by Gasteiger charge is 2.10. The van der Waals surface area contributed by atoms with Crippen LogP contribution in [-0.4, -0.2) is 39.7 Å². The van der Waals surface area contributed by atoms with Gasteiger partial charge < -0.3 is 20.5 Å². The summed E-state index contributed by atoms with van der Waals surface area (Å²) in [6.07, 6.45) is 7.21. The number of halogens is 3. The number of thiocarbonyl (C=S) groups is 1. The molecule has 3 rings (SSSR count). The molecule has 1 aromatic carbocycles. The van der Waals surface area contributed by atoms with E-state index in [2.05, 4.69) is 46.4 Å². The molecule has 10 heteroatoms. The molecule has 0 aliphatic rings. The first-order valence-electron chi connectivity index (χ1n) is 9.81. The number of nitrogens with zero attached hydrogens (tertiary/aromatic N) is 3. The van der Waals surface area contributed by atoms with E-state index in [0.29, 0.717) is 34.8 Å². The number of aryl methyl sites for hydroxylation is 1. The lowest BCUT2D eigenvalue weighted by atomic mass is 10.2. The number of H-pyrrole nitrogens is 1. The Balaban J connectivity index is 1.50. The minimum atomic E-state index is 0.543. The summed E-state index contributed by atoms with van der Waals surface area (Å²) in [5.74, 6) is 1.86. The molecule has 0 saturated heterocycles. The lowest BCUT2D eigenvalue weighted by Gasteiger charge is -2.24. The van der Waals surface area contributed by atoms with Crippen LogP contribution in [0.1, 0.15) is 17.8 Å². The van der Waals surface area contributed by atoms with Gasteiger partial charge in [0.15, 0.2) is 5.11 Å². The summed E-state index contributed by atoms with van der Waals surface area (Å²) in [4.78, 5) is 14.0. The molecule has 3 aromatic rings. The van der Waals surface area contributed by atoms with Crippen LogP contribution in [0.2, 0.25) is 10.0 Å². The molecule has 0 saturated carbocycles. The standard InChI is InChI=1S/C21H23BrCl2N6S/c22-16-4-6-20(29-13-16)30(14-15-3-5-17(23)18(24)12-15)11-10-28-21(31)27-7-1-2-19-25-8-9-26-19/h3-6,8-9,12-13H,1-2,7,10-11,14H2,(H,25,26)(H2,27,28,31). The van der Waals surface area contributed by atoms with Crippen LogP contribution >= 0.6 is 51.3 Å². The van der Waals surface area contributed by atoms with E-state index in [1.165, 1.54) is 0 Å². The van der Waals surface area contributed by atoms with Gasteiger partial charge in [-0.15, -0.1) is 0 Å². The van der Waals surface area contributed by atoms with Crippen molar-refractivity contribution in [3.8, 4) is 0 Å². The third kappa shape index (κ3) is 7.96. The van der Waals surface area contributed by atoms with Crippen molar-refractivity contribution in [1.82, 2.24) is 25.6 Å². The van der Waals surface area contributed by atoms with Gasteiger partial charge in [-0.25, -0.2) is 9.97 Å². The Kier molecular flexibility index (Phi) is 9.39. The van der Waals surface area contributed by atoms with Gasteiger partial charge in [-0.05, 0) is 64.4 Å². The van der Waals surface area contributed by atoms with Crippen LogP contribution in [0, 0.1) is 0 Å². The predicted molar refractivity (Wildman–Crippen MR) is 135 cm³/mol. The third-order valence-corrected chi connectivity index (χ3v) is 5.99. The molecule has 0 atom stereocenters. The largest absolute Gasteiger partial charge is 0.363 e. The molecule has 0 bridgehead atoms. The van der Waals surface area contributed by atoms with E-state index in [1.807, 2.05) is 36.5 Å². The van der Waals surface area contributed by atoms with E-state index in [9.17, 15) is 0 Å². The molecule has 0 aliphatic carbocycles. The van der Waals surface area contributed by atoms with Crippen LogP contribution in [0.4, 0.5) is 5.82 Å². The second-order valence-corrected chi connectivity index (χ2v) is 8.97. The zero-order valence-electron chi connectivity index (χ0n) is 16.7. The molecule has 31 heavy (non-hydrogen) atoms. The van der Waals surface area contributed by atoms with Gasteiger partial charge in [-0.1, -0.05) is 29.3 Å². The Labute approximate surface area is 205 Å². The minimum absolute atomic E-state index is 0.543. The highest BCUT2D eigenvalue weighted by Crippen LogP contribution is 2.24. The van der Waals surface area contributed by atoms with Crippen LogP contribution < -0.4 is 15.5 Å². The summed E-state index contributed by atoms with van der Waals surface area (Å²) in [6, 6.07) is 9.62. The minimum Gasteiger partial charge on any atom is -0.363 e. The number of nitrogens with one attached hydrogen (secondary N) is 3. The lowest BCUT2D eigenvalue weighted by Crippen LogP contribution is -2.40. The Morgan fingerprint density at radius 1 is 1.10 bits per heavy atom. The summed E-state index contributed by atoms with van der Waals surface area (Å²) in [5, 5.41) is 8.23. The van der Waals surface area contributed by atoms with Crippen molar-refractivity contribution in [2.75, 3.05) is 24.5 Å². The number of anilines is 1. The maximum absolute atomic E-state index is 6.19. The first-order valence-corrected chi connectivity index (χ1v) is 11.8. The fourth-order valence-electron chi connectivity index (χ4n) is 2.95. The van der Waals surface area contributed by atoms with Crippen LogP contribution in [-0.2, 0) is 13.0 Å². The third-order valence-electron chi connectivity index (χ3n) is 4.49. The molecule has 0 aliphatic heterocycles. The van der Waals surface area contributed by atoms with Crippen molar-refractivity contribution in [2.24, 2.45) is 0 Å². The smallest absolute Gasteiger partial charge is 0.166 e. The zero-order chi connectivity index (χ0) is 22.1. The van der Waals surface area contributed by atoms with E-state index < -0.39 is 0 Å². The summed E-state index contributed by atoms with van der Waals surface area (Å²) in [5.41, 5.74) is 1.05. The summed E-state index contributed by atoms with van der Waals surface area (Å²) in [6.45, 7) is 2.82. The monoisotopic (exact) mass is 540 g/mol. The quantitative estimate of drug-likeness (QED) is 0.248. The zero-order valence-corrected chi connectivity index (χ0v) is 20.7. The van der Waals surface area contributed by atoms with Gasteiger partial charge in [-0.3, -0.25) is 0 Å². The number of hydrogen-bond acceptors (Lipinski definition) is 4. The molecule has 3 N–H and O–H groups in total. The van der Waals surface area contributed by atoms with Gasteiger partial charge in [0.25, 0.3) is 0 Å². The second-order valence-electron chi connectivity index (χ2n) is 6.83. The van der Waals surface area contributed by atoms with E-state index in [4.69, 9.17) is 35.4 Å². The van der Waals surface area contributed by atoms with Crippen LogP contribution in [0.5, 0.6) is 0 Å². The molecule has 0 amide bonds. The predicted octanol–water partition coefficient (Wildman–Crippen LogP) is 4.98. The van der Waals surface area contributed by atoms with E-state index in [0.717, 1.165) is 41.1 Å². The maximum Gasteiger partial charge on any atom is 0.166 e. The molecule has 0 spiro atoms. The van der Waals surface area contributed by atoms with Crippen LogP contribution in [0.15, 0.2) is 53.4 Å². The second kappa shape index (κ2) is 12.2. The number of aromatic nitrogens is 3. The van der Waals surface area contributed by atoms with Gasteiger partial charge in [0.1, 0.15) is 11.6 Å². The summed E-state index contributed by atoms with van der Waals surface area (Å²) in [7, 11) is 0. The van der Waals surface area contributed by atoms with Gasteiger partial charge in [0.05, 0.1) is 10.0 Å². The molecule has 0 unspecified atom stereocenters. The molecule has 0 radical (unpaired) electrons. The highest BCUT2D eigenvalue weighted by atomic mass is 79.9. The SMILES string of the molecule is S=C(NCCCc1ncc[nH]1)NCCN(Cc1ccc(Cl)c(Cl)c1)c1ccc(Br)cn1.